The molecule has 0 aromatic rings. The first-order valence-electron chi connectivity index (χ1n) is 17.7. The van der Waals surface area contributed by atoms with Gasteiger partial charge in [-0.2, -0.15) is 0 Å². The Kier molecular flexibility index (Phi) is 7.26. The van der Waals surface area contributed by atoms with Crippen molar-refractivity contribution in [3.63, 3.8) is 0 Å². The van der Waals surface area contributed by atoms with Crippen molar-refractivity contribution < 1.29 is 47.8 Å². The monoisotopic (exact) mass is 650 g/mol. The lowest BCUT2D eigenvalue weighted by molar-refractivity contribution is -0.155. The first-order valence-corrected chi connectivity index (χ1v) is 17.7. The van der Waals surface area contributed by atoms with Gasteiger partial charge in [0.1, 0.15) is 0 Å². The minimum absolute atomic E-state index is 0.133. The normalized spacial score (nSPS) is 46.3. The van der Waals surface area contributed by atoms with E-state index in [1.807, 2.05) is 0 Å². The molecule has 8 aliphatic rings. The van der Waals surface area contributed by atoms with Gasteiger partial charge in [0.25, 0.3) is 0 Å². The van der Waals surface area contributed by atoms with Gasteiger partial charge in [-0.15, -0.1) is 0 Å². The van der Waals surface area contributed by atoms with E-state index in [9.17, 15) is 38.4 Å². The average molecular weight is 651 g/mol. The highest BCUT2D eigenvalue weighted by atomic mass is 16.6. The SMILES string of the molecule is CC1CC(CC2CCC(N3C(=O)C4CC5C(=O)OC(=O)C5CC4C3=O)C(C)C2)CCC1N1C(=O)C2CC3C(=O)OC(=O)C3CC2C1=O. The molecule has 8 fully saturated rings. The highest BCUT2D eigenvalue weighted by Gasteiger charge is 2.62. The second-order valence-corrected chi connectivity index (χ2v) is 16.1. The molecule has 0 spiro atoms. The third kappa shape index (κ3) is 4.66. The lowest BCUT2D eigenvalue weighted by Gasteiger charge is -2.42. The molecule has 4 aliphatic carbocycles. The number of hydrogen-bond donors (Lipinski definition) is 0. The molecule has 0 N–H and O–H groups in total. The van der Waals surface area contributed by atoms with Gasteiger partial charge < -0.3 is 9.47 Å². The Morgan fingerprint density at radius 2 is 0.745 bits per heavy atom. The van der Waals surface area contributed by atoms with E-state index in [0.29, 0.717) is 11.8 Å². The molecule has 4 saturated carbocycles. The molecule has 8 rings (SSSR count). The van der Waals surface area contributed by atoms with E-state index in [4.69, 9.17) is 9.47 Å². The highest BCUT2D eigenvalue weighted by Crippen LogP contribution is 2.51. The van der Waals surface area contributed by atoms with E-state index < -0.39 is 71.2 Å². The summed E-state index contributed by atoms with van der Waals surface area (Å²) in [5.41, 5.74) is 0. The quantitative estimate of drug-likeness (QED) is 0.251. The molecule has 12 heteroatoms. The zero-order valence-electron chi connectivity index (χ0n) is 26.8. The van der Waals surface area contributed by atoms with Crippen LogP contribution in [0.4, 0.5) is 0 Å². The summed E-state index contributed by atoms with van der Waals surface area (Å²) in [6, 6.07) is -0.358. The van der Waals surface area contributed by atoms with Crippen LogP contribution in [0.5, 0.6) is 0 Å². The molecule has 12 nitrogen and oxygen atoms in total. The van der Waals surface area contributed by atoms with Crippen LogP contribution in [0.15, 0.2) is 0 Å². The minimum atomic E-state index is -0.622. The van der Waals surface area contributed by atoms with Crippen LogP contribution in [0.25, 0.3) is 0 Å². The number of hydrogen-bond acceptors (Lipinski definition) is 10. The molecule has 4 aliphatic heterocycles. The summed E-state index contributed by atoms with van der Waals surface area (Å²) < 4.78 is 9.59. The van der Waals surface area contributed by atoms with Gasteiger partial charge in [-0.05, 0) is 94.3 Å². The van der Waals surface area contributed by atoms with Crippen LogP contribution in [-0.2, 0) is 47.8 Å². The van der Waals surface area contributed by atoms with E-state index in [1.54, 1.807) is 0 Å². The largest absolute Gasteiger partial charge is 0.393 e. The average Bonchev–Trinajstić information content (AvgIpc) is 3.65. The van der Waals surface area contributed by atoms with Crippen LogP contribution in [0.2, 0.25) is 0 Å². The predicted molar refractivity (Wildman–Crippen MR) is 157 cm³/mol. The van der Waals surface area contributed by atoms with Gasteiger partial charge in [0, 0.05) is 12.1 Å². The zero-order chi connectivity index (χ0) is 33.0. The topological polar surface area (TPSA) is 162 Å². The van der Waals surface area contributed by atoms with Crippen LogP contribution in [0.1, 0.15) is 84.5 Å². The summed E-state index contributed by atoms with van der Waals surface area (Å²) in [4.78, 5) is 106. The molecule has 0 aromatic heterocycles. The maximum atomic E-state index is 13.5. The summed E-state index contributed by atoms with van der Waals surface area (Å²) in [6.07, 6.45) is 6.92. The first-order chi connectivity index (χ1) is 22.4. The molecule has 0 bridgehead atoms. The van der Waals surface area contributed by atoms with Crippen molar-refractivity contribution in [2.75, 3.05) is 0 Å². The summed E-state index contributed by atoms with van der Waals surface area (Å²) in [7, 11) is 0. The molecule has 14 atom stereocenters. The number of carbonyl (C=O) groups excluding carboxylic acids is 8. The lowest BCUT2D eigenvalue weighted by atomic mass is 9.70. The molecule has 4 amide bonds. The fraction of sp³-hybridized carbons (Fsp3) is 0.771. The van der Waals surface area contributed by atoms with E-state index in [2.05, 4.69) is 13.8 Å². The van der Waals surface area contributed by atoms with Crippen molar-refractivity contribution in [2.45, 2.75) is 96.6 Å². The van der Waals surface area contributed by atoms with Gasteiger partial charge in [0.15, 0.2) is 0 Å². The molecular weight excluding hydrogens is 608 g/mol. The van der Waals surface area contributed by atoms with Gasteiger partial charge in [-0.25, -0.2) is 0 Å². The summed E-state index contributed by atoms with van der Waals surface area (Å²) in [5, 5.41) is 0. The molecular formula is C35H42N2O10. The second-order valence-electron chi connectivity index (χ2n) is 16.1. The Morgan fingerprint density at radius 3 is 1.02 bits per heavy atom. The lowest BCUT2D eigenvalue weighted by Crippen LogP contribution is -2.48. The summed E-state index contributed by atoms with van der Waals surface area (Å²) in [6.45, 7) is 4.22. The van der Waals surface area contributed by atoms with E-state index in [0.717, 1.165) is 44.9 Å². The van der Waals surface area contributed by atoms with Crippen LogP contribution in [0, 0.1) is 71.0 Å². The number of rotatable bonds is 4. The van der Waals surface area contributed by atoms with Gasteiger partial charge in [-0.1, -0.05) is 13.8 Å². The number of amides is 4. The number of carbonyl (C=O) groups is 8. The van der Waals surface area contributed by atoms with Gasteiger partial charge in [0.2, 0.25) is 23.6 Å². The molecule has 4 saturated heterocycles. The van der Waals surface area contributed by atoms with Gasteiger partial charge in [0.05, 0.1) is 47.3 Å². The number of fused-ring (bicyclic) bond motifs is 4. The minimum Gasteiger partial charge on any atom is -0.393 e. The third-order valence-electron chi connectivity index (χ3n) is 13.6. The molecule has 47 heavy (non-hydrogen) atoms. The van der Waals surface area contributed by atoms with Crippen molar-refractivity contribution in [1.29, 1.82) is 0 Å². The number of ether oxygens (including phenoxy) is 2. The molecule has 14 unspecified atom stereocenters. The van der Waals surface area contributed by atoms with Gasteiger partial charge in [-0.3, -0.25) is 48.2 Å². The maximum absolute atomic E-state index is 13.5. The van der Waals surface area contributed by atoms with Gasteiger partial charge >= 0.3 is 23.9 Å². The second kappa shape index (κ2) is 11.1. The third-order valence-corrected chi connectivity index (χ3v) is 13.6. The summed E-state index contributed by atoms with van der Waals surface area (Å²) in [5.74, 6) is -6.62. The van der Waals surface area contributed by atoms with Crippen molar-refractivity contribution in [3.05, 3.63) is 0 Å². The molecule has 0 radical (unpaired) electrons. The molecule has 4 heterocycles. The first kappa shape index (κ1) is 30.9. The number of imide groups is 2. The number of likely N-dealkylation sites (tertiary alicyclic amines) is 2. The van der Waals surface area contributed by atoms with E-state index in [1.165, 1.54) is 9.80 Å². The molecule has 0 aromatic carbocycles. The van der Waals surface area contributed by atoms with Crippen LogP contribution in [0.3, 0.4) is 0 Å². The highest BCUT2D eigenvalue weighted by molar-refractivity contribution is 6.08. The fourth-order valence-electron chi connectivity index (χ4n) is 11.3. The number of esters is 4. The predicted octanol–water partition coefficient (Wildman–Crippen LogP) is 2.41. The fourth-order valence-corrected chi connectivity index (χ4v) is 11.3. The number of nitrogens with zero attached hydrogens (tertiary/aromatic N) is 2. The standard InChI is InChI=1S/C35H42N2O10/c1-14-7-16(3-5-26(14)36-28(38)18-10-22-23(11-19(18)29(36)39)33(43)46-32(22)42)9-17-4-6-27(15(2)8-17)37-30(40)20-12-24-25(13-21(20)31(37)41)35(45)47-34(24)44/h14-27H,3-13H2,1-2H3. The Hall–Kier alpha value is -3.44. The maximum Gasteiger partial charge on any atom is 0.317 e. The Balaban J connectivity index is 0.862. The van der Waals surface area contributed by atoms with Crippen molar-refractivity contribution in [3.8, 4) is 0 Å². The zero-order valence-corrected chi connectivity index (χ0v) is 26.8. The Bertz CT molecular complexity index is 1300. The van der Waals surface area contributed by atoms with Crippen LogP contribution in [-0.4, -0.2) is 69.4 Å². The van der Waals surface area contributed by atoms with Crippen molar-refractivity contribution >= 4 is 47.5 Å². The smallest absolute Gasteiger partial charge is 0.317 e. The Morgan fingerprint density at radius 1 is 0.447 bits per heavy atom. The van der Waals surface area contributed by atoms with E-state index in [-0.39, 0.29) is 73.2 Å². The van der Waals surface area contributed by atoms with Crippen molar-refractivity contribution in [2.24, 2.45) is 71.0 Å². The van der Waals surface area contributed by atoms with Crippen LogP contribution < -0.4 is 0 Å². The van der Waals surface area contributed by atoms with Crippen molar-refractivity contribution in [1.82, 2.24) is 9.80 Å². The molecule has 252 valence electrons. The number of cyclic esters (lactones) is 4. The Labute approximate surface area is 272 Å². The summed E-state index contributed by atoms with van der Waals surface area (Å²) >= 11 is 0. The van der Waals surface area contributed by atoms with E-state index >= 15 is 0 Å². The van der Waals surface area contributed by atoms with Crippen LogP contribution >= 0.6 is 0 Å².